The lowest BCUT2D eigenvalue weighted by Crippen LogP contribution is -2.00. The van der Waals surface area contributed by atoms with E-state index in [1.165, 1.54) is 6.07 Å². The van der Waals surface area contributed by atoms with Crippen LogP contribution in [0.25, 0.3) is 11.4 Å². The first-order valence-corrected chi connectivity index (χ1v) is 4.47. The molecule has 0 saturated heterocycles. The predicted octanol–water partition coefficient (Wildman–Crippen LogP) is 1.69. The molecule has 0 saturated carbocycles. The van der Waals surface area contributed by atoms with Crippen LogP contribution >= 0.6 is 0 Å². The third kappa shape index (κ3) is 1.96. The van der Waals surface area contributed by atoms with Crippen LogP contribution in [-0.2, 0) is 0 Å². The predicted molar refractivity (Wildman–Crippen MR) is 52.5 cm³/mol. The van der Waals surface area contributed by atoms with Gasteiger partial charge in [0.15, 0.2) is 5.82 Å². The Morgan fingerprint density at radius 2 is 1.67 bits per heavy atom. The fourth-order valence-corrected chi connectivity index (χ4v) is 1.20. The molecule has 0 fully saturated rings. The topological polar surface area (TPSA) is 51.6 Å². The second-order valence-electron chi connectivity index (χ2n) is 3.25. The van der Waals surface area contributed by atoms with Crippen molar-refractivity contribution in [2.24, 2.45) is 0 Å². The molecule has 0 atom stereocenters. The van der Waals surface area contributed by atoms with Crippen molar-refractivity contribution in [3.63, 3.8) is 0 Å². The van der Waals surface area contributed by atoms with Crippen molar-refractivity contribution in [1.82, 2.24) is 20.4 Å². The number of halogens is 1. The Labute approximate surface area is 86.2 Å². The number of aromatic nitrogens is 4. The van der Waals surface area contributed by atoms with Crippen LogP contribution in [0.3, 0.4) is 0 Å². The molecule has 1 aromatic heterocycles. The largest absolute Gasteiger partial charge is 0.206 e. The van der Waals surface area contributed by atoms with E-state index in [-0.39, 0.29) is 11.6 Å². The molecule has 0 unspecified atom stereocenters. The molecule has 0 aliphatic carbocycles. The summed E-state index contributed by atoms with van der Waals surface area (Å²) in [7, 11) is 0. The van der Waals surface area contributed by atoms with Gasteiger partial charge in [0.25, 0.3) is 0 Å². The summed E-state index contributed by atoms with van der Waals surface area (Å²) >= 11 is 0. The summed E-state index contributed by atoms with van der Waals surface area (Å²) in [5.74, 6) is 0.307. The van der Waals surface area contributed by atoms with Crippen LogP contribution in [0, 0.1) is 19.7 Å². The van der Waals surface area contributed by atoms with Crippen LogP contribution in [0.4, 0.5) is 4.39 Å². The van der Waals surface area contributed by atoms with Crippen molar-refractivity contribution in [2.45, 2.75) is 13.8 Å². The average molecular weight is 204 g/mol. The summed E-state index contributed by atoms with van der Waals surface area (Å²) in [6, 6.07) is 4.74. The molecule has 0 spiro atoms. The van der Waals surface area contributed by atoms with Gasteiger partial charge in [-0.05, 0) is 26.0 Å². The fraction of sp³-hybridized carbons (Fsp3) is 0.200. The Kier molecular flexibility index (Phi) is 2.37. The molecule has 0 radical (unpaired) electrons. The van der Waals surface area contributed by atoms with Gasteiger partial charge >= 0.3 is 0 Å². The second kappa shape index (κ2) is 3.68. The van der Waals surface area contributed by atoms with E-state index in [1.807, 2.05) is 6.92 Å². The average Bonchev–Trinajstić information content (AvgIpc) is 2.23. The van der Waals surface area contributed by atoms with Crippen LogP contribution in [0.1, 0.15) is 11.4 Å². The highest BCUT2D eigenvalue weighted by atomic mass is 19.1. The highest BCUT2D eigenvalue weighted by Gasteiger charge is 2.08. The summed E-state index contributed by atoms with van der Waals surface area (Å²) in [6.07, 6.45) is 0. The molecule has 2 rings (SSSR count). The van der Waals surface area contributed by atoms with Gasteiger partial charge in [0.1, 0.15) is 5.82 Å². The number of hydrogen-bond donors (Lipinski definition) is 0. The van der Waals surface area contributed by atoms with Gasteiger partial charge in [-0.1, -0.05) is 11.6 Å². The monoisotopic (exact) mass is 204 g/mol. The van der Waals surface area contributed by atoms with Crippen molar-refractivity contribution in [2.75, 3.05) is 0 Å². The van der Waals surface area contributed by atoms with E-state index in [1.54, 1.807) is 19.1 Å². The highest BCUT2D eigenvalue weighted by molar-refractivity contribution is 5.55. The first-order chi connectivity index (χ1) is 7.16. The molecule has 1 aromatic carbocycles. The summed E-state index contributed by atoms with van der Waals surface area (Å²) < 4.78 is 13.4. The zero-order valence-electron chi connectivity index (χ0n) is 8.40. The molecule has 5 heteroatoms. The fourth-order valence-electron chi connectivity index (χ4n) is 1.20. The molecule has 0 N–H and O–H groups in total. The summed E-state index contributed by atoms with van der Waals surface area (Å²) in [6.45, 7) is 3.55. The summed E-state index contributed by atoms with van der Waals surface area (Å²) in [5.41, 5.74) is 1.27. The Hall–Kier alpha value is -1.91. The maximum Gasteiger partial charge on any atom is 0.206 e. The maximum atomic E-state index is 13.4. The molecule has 0 bridgehead atoms. The molecular formula is C10H9FN4. The van der Waals surface area contributed by atoms with Gasteiger partial charge in [0, 0.05) is 0 Å². The molecule has 15 heavy (non-hydrogen) atoms. The molecule has 0 amide bonds. The molecule has 0 aliphatic heterocycles. The van der Waals surface area contributed by atoms with Gasteiger partial charge < -0.3 is 0 Å². The Morgan fingerprint density at radius 1 is 1.00 bits per heavy atom. The lowest BCUT2D eigenvalue weighted by molar-refractivity contribution is 0.627. The van der Waals surface area contributed by atoms with Gasteiger partial charge in [0.05, 0.1) is 5.56 Å². The number of hydrogen-bond acceptors (Lipinski definition) is 4. The van der Waals surface area contributed by atoms with E-state index in [0.29, 0.717) is 11.4 Å². The minimum Gasteiger partial charge on any atom is -0.206 e. The smallest absolute Gasteiger partial charge is 0.206 e. The highest BCUT2D eigenvalue weighted by Crippen LogP contribution is 2.18. The van der Waals surface area contributed by atoms with Crippen LogP contribution in [0.5, 0.6) is 0 Å². The number of nitrogens with zero attached hydrogens (tertiary/aromatic N) is 4. The van der Waals surface area contributed by atoms with E-state index in [4.69, 9.17) is 0 Å². The minimum atomic E-state index is -0.368. The van der Waals surface area contributed by atoms with Gasteiger partial charge in [-0.3, -0.25) is 0 Å². The first kappa shape index (κ1) is 9.64. The minimum absolute atomic E-state index is 0.210. The Bertz CT molecular complexity index is 481. The van der Waals surface area contributed by atoms with Crippen LogP contribution in [0.2, 0.25) is 0 Å². The van der Waals surface area contributed by atoms with Crippen molar-refractivity contribution in [3.05, 3.63) is 35.4 Å². The van der Waals surface area contributed by atoms with Crippen LogP contribution in [-0.4, -0.2) is 20.4 Å². The Morgan fingerprint density at radius 3 is 2.33 bits per heavy atom. The molecule has 0 aliphatic rings. The molecule has 1 heterocycles. The van der Waals surface area contributed by atoms with E-state index in [9.17, 15) is 4.39 Å². The van der Waals surface area contributed by atoms with Gasteiger partial charge in [-0.25, -0.2) is 4.39 Å². The third-order valence-electron chi connectivity index (χ3n) is 1.94. The standard InChI is InChI=1S/C10H9FN4/c1-6-3-4-9(11)8(5-6)10-14-12-7(2)13-15-10/h3-5H,1-2H3. The first-order valence-electron chi connectivity index (χ1n) is 4.47. The van der Waals surface area contributed by atoms with Crippen LogP contribution in [0.15, 0.2) is 18.2 Å². The van der Waals surface area contributed by atoms with E-state index in [2.05, 4.69) is 20.4 Å². The van der Waals surface area contributed by atoms with Crippen LogP contribution < -0.4 is 0 Å². The maximum absolute atomic E-state index is 13.4. The van der Waals surface area contributed by atoms with E-state index in [0.717, 1.165) is 5.56 Å². The van der Waals surface area contributed by atoms with Crippen molar-refractivity contribution in [1.29, 1.82) is 0 Å². The number of aryl methyl sites for hydroxylation is 2. The van der Waals surface area contributed by atoms with Gasteiger partial charge in [-0.15, -0.1) is 20.4 Å². The van der Waals surface area contributed by atoms with Gasteiger partial charge in [0.2, 0.25) is 5.82 Å². The number of rotatable bonds is 1. The van der Waals surface area contributed by atoms with E-state index < -0.39 is 0 Å². The van der Waals surface area contributed by atoms with Crippen molar-refractivity contribution >= 4 is 0 Å². The lowest BCUT2D eigenvalue weighted by atomic mass is 10.1. The molecule has 76 valence electrons. The van der Waals surface area contributed by atoms with E-state index >= 15 is 0 Å². The SMILES string of the molecule is Cc1ccc(F)c(-c2nnc(C)nn2)c1. The zero-order chi connectivity index (χ0) is 10.8. The third-order valence-corrected chi connectivity index (χ3v) is 1.94. The lowest BCUT2D eigenvalue weighted by Gasteiger charge is -2.01. The summed E-state index contributed by atoms with van der Waals surface area (Å²) in [4.78, 5) is 0. The van der Waals surface area contributed by atoms with Crippen molar-refractivity contribution in [3.8, 4) is 11.4 Å². The molecule has 2 aromatic rings. The summed E-state index contributed by atoms with van der Waals surface area (Å²) in [5, 5.41) is 15.0. The van der Waals surface area contributed by atoms with Crippen molar-refractivity contribution < 1.29 is 4.39 Å². The number of benzene rings is 1. The quantitative estimate of drug-likeness (QED) is 0.709. The Balaban J connectivity index is 2.53. The second-order valence-corrected chi connectivity index (χ2v) is 3.25. The normalized spacial score (nSPS) is 10.3. The van der Waals surface area contributed by atoms with Gasteiger partial charge in [-0.2, -0.15) is 0 Å². The zero-order valence-corrected chi connectivity index (χ0v) is 8.40. The molecular weight excluding hydrogens is 195 g/mol. The molecule has 4 nitrogen and oxygen atoms in total.